The quantitative estimate of drug-likeness (QED) is 0.525. The molecule has 142 valence electrons. The van der Waals surface area contributed by atoms with Crippen molar-refractivity contribution in [2.75, 3.05) is 14.2 Å². The van der Waals surface area contributed by atoms with Crippen LogP contribution in [0.1, 0.15) is 16.1 Å². The first-order valence-corrected chi connectivity index (χ1v) is 8.23. The zero-order valence-electron chi connectivity index (χ0n) is 15.2. The van der Waals surface area contributed by atoms with E-state index in [1.165, 1.54) is 30.7 Å². The molecule has 0 aliphatic heterocycles. The number of ether oxygens (including phenoxy) is 2. The van der Waals surface area contributed by atoms with Crippen LogP contribution in [-0.4, -0.2) is 36.3 Å². The highest BCUT2D eigenvalue weighted by Crippen LogP contribution is 2.21. The Morgan fingerprint density at radius 2 is 1.75 bits per heavy atom. The van der Waals surface area contributed by atoms with Gasteiger partial charge >= 0.3 is 0 Å². The lowest BCUT2D eigenvalue weighted by molar-refractivity contribution is 0.0950. The number of rotatable bonds is 6. The summed E-state index contributed by atoms with van der Waals surface area (Å²) in [5.74, 6) is 0.326. The van der Waals surface area contributed by atoms with E-state index in [0.717, 1.165) is 0 Å². The minimum absolute atomic E-state index is 0.0854. The summed E-state index contributed by atoms with van der Waals surface area (Å²) < 4.78 is 23.4. The number of benzene rings is 2. The van der Waals surface area contributed by atoms with E-state index in [1.807, 2.05) is 0 Å². The Morgan fingerprint density at radius 1 is 1.07 bits per heavy atom. The van der Waals surface area contributed by atoms with Gasteiger partial charge in [0, 0.05) is 17.2 Å². The van der Waals surface area contributed by atoms with E-state index in [4.69, 9.17) is 9.47 Å². The van der Waals surface area contributed by atoms with Gasteiger partial charge in [-0.15, -0.1) is 0 Å². The smallest absolute Gasteiger partial charge is 0.291 e. The Bertz CT molecular complexity index is 984. The average Bonchev–Trinajstić information content (AvgIpc) is 2.74. The molecule has 8 heteroatoms. The number of carbonyl (C=O) groups excluding carboxylic acids is 1. The van der Waals surface area contributed by atoms with Gasteiger partial charge in [-0.1, -0.05) is 0 Å². The molecule has 0 bridgehead atoms. The highest BCUT2D eigenvalue weighted by atomic mass is 19.1. The maximum atomic E-state index is 13.1. The predicted molar refractivity (Wildman–Crippen MR) is 102 cm³/mol. The Labute approximate surface area is 160 Å². The molecule has 0 aliphatic carbocycles. The Hall–Kier alpha value is -3.81. The van der Waals surface area contributed by atoms with Crippen molar-refractivity contribution in [3.63, 3.8) is 0 Å². The van der Waals surface area contributed by atoms with Crippen LogP contribution in [-0.2, 0) is 0 Å². The molecule has 0 saturated heterocycles. The Morgan fingerprint density at radius 3 is 2.39 bits per heavy atom. The highest BCUT2D eigenvalue weighted by molar-refractivity contribution is 5.93. The highest BCUT2D eigenvalue weighted by Gasteiger charge is 2.09. The maximum absolute atomic E-state index is 13.1. The van der Waals surface area contributed by atoms with E-state index in [0.29, 0.717) is 28.3 Å². The number of hydrazone groups is 1. The number of aromatic nitrogens is 2. The lowest BCUT2D eigenvalue weighted by Crippen LogP contribution is -2.19. The topological polar surface area (TPSA) is 85.7 Å². The van der Waals surface area contributed by atoms with E-state index in [1.54, 1.807) is 44.6 Å². The van der Waals surface area contributed by atoms with Crippen LogP contribution in [0.15, 0.2) is 60.0 Å². The number of carbonyl (C=O) groups is 1. The van der Waals surface area contributed by atoms with E-state index in [9.17, 15) is 9.18 Å². The Kier molecular flexibility index (Phi) is 5.91. The number of amides is 1. The molecule has 1 N–H and O–H groups in total. The molecule has 2 aromatic carbocycles. The molecule has 0 spiro atoms. The second-order valence-corrected chi connectivity index (χ2v) is 5.64. The van der Waals surface area contributed by atoms with Crippen LogP contribution < -0.4 is 14.9 Å². The van der Waals surface area contributed by atoms with Gasteiger partial charge in [0.1, 0.15) is 23.0 Å². The Balaban J connectivity index is 1.72. The standard InChI is InChI=1S/C20H17FN4O3/c1-27-16-7-13(8-17(9-16)28-2)10-23-25-20(26)19-12-22-11-18(24-19)14-3-5-15(21)6-4-14/h3-12H,1-2H3,(H,25,26)/b23-10+. The molecule has 0 aliphatic rings. The van der Waals surface area contributed by atoms with Gasteiger partial charge in [0.2, 0.25) is 0 Å². The molecular formula is C20H17FN4O3. The molecule has 7 nitrogen and oxygen atoms in total. The number of hydrogen-bond donors (Lipinski definition) is 1. The molecule has 1 heterocycles. The molecule has 0 radical (unpaired) electrons. The van der Waals surface area contributed by atoms with Gasteiger partial charge in [-0.3, -0.25) is 9.78 Å². The monoisotopic (exact) mass is 380 g/mol. The minimum atomic E-state index is -0.525. The van der Waals surface area contributed by atoms with E-state index in [2.05, 4.69) is 20.5 Å². The van der Waals surface area contributed by atoms with E-state index >= 15 is 0 Å². The molecule has 28 heavy (non-hydrogen) atoms. The van der Waals surface area contributed by atoms with Crippen LogP contribution in [0.2, 0.25) is 0 Å². The largest absolute Gasteiger partial charge is 0.497 e. The molecular weight excluding hydrogens is 363 g/mol. The average molecular weight is 380 g/mol. The molecule has 3 rings (SSSR count). The van der Waals surface area contributed by atoms with Gasteiger partial charge < -0.3 is 9.47 Å². The molecule has 0 unspecified atom stereocenters. The predicted octanol–water partition coefficient (Wildman–Crippen LogP) is 3.06. The third-order valence-electron chi connectivity index (χ3n) is 3.76. The van der Waals surface area contributed by atoms with Crippen molar-refractivity contribution in [1.29, 1.82) is 0 Å². The van der Waals surface area contributed by atoms with Gasteiger partial charge in [-0.05, 0) is 36.4 Å². The van der Waals surface area contributed by atoms with Crippen molar-refractivity contribution in [2.24, 2.45) is 5.10 Å². The molecule has 1 amide bonds. The number of halogens is 1. The van der Waals surface area contributed by atoms with Crippen molar-refractivity contribution in [3.05, 3.63) is 71.9 Å². The first kappa shape index (κ1) is 19.0. The third-order valence-corrected chi connectivity index (χ3v) is 3.76. The summed E-state index contributed by atoms with van der Waals surface area (Å²) in [6.07, 6.45) is 4.28. The van der Waals surface area contributed by atoms with Gasteiger partial charge in [0.05, 0.1) is 38.5 Å². The van der Waals surface area contributed by atoms with Crippen molar-refractivity contribution in [2.45, 2.75) is 0 Å². The summed E-state index contributed by atoms with van der Waals surface area (Å²) in [5, 5.41) is 3.93. The first-order valence-electron chi connectivity index (χ1n) is 8.23. The maximum Gasteiger partial charge on any atom is 0.291 e. The third kappa shape index (κ3) is 4.67. The molecule has 0 fully saturated rings. The lowest BCUT2D eigenvalue weighted by atomic mass is 10.1. The van der Waals surface area contributed by atoms with Crippen LogP contribution in [0.25, 0.3) is 11.3 Å². The molecule has 3 aromatic rings. The normalized spacial score (nSPS) is 10.7. The number of methoxy groups -OCH3 is 2. The SMILES string of the molecule is COc1cc(/C=N/NC(=O)c2cncc(-c3ccc(F)cc3)n2)cc(OC)c1. The van der Waals surface area contributed by atoms with Gasteiger partial charge in [-0.25, -0.2) is 14.8 Å². The fourth-order valence-electron chi connectivity index (χ4n) is 2.36. The van der Waals surface area contributed by atoms with Gasteiger partial charge in [0.25, 0.3) is 5.91 Å². The lowest BCUT2D eigenvalue weighted by Gasteiger charge is -2.05. The van der Waals surface area contributed by atoms with Crippen molar-refractivity contribution in [3.8, 4) is 22.8 Å². The van der Waals surface area contributed by atoms with Crippen molar-refractivity contribution < 1.29 is 18.7 Å². The summed E-state index contributed by atoms with van der Waals surface area (Å²) in [5.41, 5.74) is 4.27. The van der Waals surface area contributed by atoms with Crippen LogP contribution in [0.5, 0.6) is 11.5 Å². The summed E-state index contributed by atoms with van der Waals surface area (Å²) in [6.45, 7) is 0. The van der Waals surface area contributed by atoms with Gasteiger partial charge in [-0.2, -0.15) is 5.10 Å². The summed E-state index contributed by atoms with van der Waals surface area (Å²) in [7, 11) is 3.09. The molecule has 0 atom stereocenters. The zero-order valence-corrected chi connectivity index (χ0v) is 15.2. The van der Waals surface area contributed by atoms with Crippen LogP contribution >= 0.6 is 0 Å². The molecule has 0 saturated carbocycles. The van der Waals surface area contributed by atoms with Crippen molar-refractivity contribution in [1.82, 2.24) is 15.4 Å². The molecule has 1 aromatic heterocycles. The second kappa shape index (κ2) is 8.72. The number of hydrogen-bond acceptors (Lipinski definition) is 6. The van der Waals surface area contributed by atoms with Gasteiger partial charge in [0.15, 0.2) is 0 Å². The summed E-state index contributed by atoms with van der Waals surface area (Å²) >= 11 is 0. The fourth-order valence-corrected chi connectivity index (χ4v) is 2.36. The van der Waals surface area contributed by atoms with E-state index in [-0.39, 0.29) is 11.5 Å². The van der Waals surface area contributed by atoms with Crippen LogP contribution in [0.4, 0.5) is 4.39 Å². The number of nitrogens with one attached hydrogen (secondary N) is 1. The first-order chi connectivity index (χ1) is 13.6. The number of nitrogens with zero attached hydrogens (tertiary/aromatic N) is 3. The summed E-state index contributed by atoms with van der Waals surface area (Å²) in [6, 6.07) is 11.0. The second-order valence-electron chi connectivity index (χ2n) is 5.64. The van der Waals surface area contributed by atoms with Crippen molar-refractivity contribution >= 4 is 12.1 Å². The zero-order chi connectivity index (χ0) is 19.9. The van der Waals surface area contributed by atoms with E-state index < -0.39 is 5.91 Å². The van der Waals surface area contributed by atoms with Crippen LogP contribution in [0.3, 0.4) is 0 Å². The fraction of sp³-hybridized carbons (Fsp3) is 0.100. The van der Waals surface area contributed by atoms with Crippen LogP contribution in [0, 0.1) is 5.82 Å². The summed E-state index contributed by atoms with van der Waals surface area (Å²) in [4.78, 5) is 20.5. The minimum Gasteiger partial charge on any atom is -0.497 e.